The zero-order valence-corrected chi connectivity index (χ0v) is 14.7. The number of hydrogen-bond donors (Lipinski definition) is 2. The number of hydrogen-bond acceptors (Lipinski definition) is 6. The Kier molecular flexibility index (Phi) is 5.90. The molecule has 136 valence electrons. The molecule has 0 spiro atoms. The van der Waals surface area contributed by atoms with Crippen LogP contribution in [0, 0.1) is 24.0 Å². The maximum Gasteiger partial charge on any atom is 0.337 e. The minimum absolute atomic E-state index is 0.0580. The molecule has 0 saturated carbocycles. The first-order valence-corrected chi connectivity index (χ1v) is 7.80. The number of esters is 1. The van der Waals surface area contributed by atoms with Gasteiger partial charge in [0.25, 0.3) is 5.69 Å². The first-order valence-electron chi connectivity index (χ1n) is 7.80. The third kappa shape index (κ3) is 4.35. The van der Waals surface area contributed by atoms with Crippen LogP contribution in [0.15, 0.2) is 36.4 Å². The van der Waals surface area contributed by atoms with E-state index in [1.165, 1.54) is 19.2 Å². The summed E-state index contributed by atoms with van der Waals surface area (Å²) in [4.78, 5) is 34.2. The van der Waals surface area contributed by atoms with Crippen molar-refractivity contribution >= 4 is 28.9 Å². The molecular weight excluding hydrogens is 338 g/mol. The van der Waals surface area contributed by atoms with Crippen molar-refractivity contribution in [1.82, 2.24) is 0 Å². The van der Waals surface area contributed by atoms with E-state index in [4.69, 9.17) is 0 Å². The van der Waals surface area contributed by atoms with Crippen LogP contribution in [0.2, 0.25) is 0 Å². The summed E-state index contributed by atoms with van der Waals surface area (Å²) in [5.41, 5.74) is 2.56. The van der Waals surface area contributed by atoms with Gasteiger partial charge in [0.2, 0.25) is 5.91 Å². The molecule has 0 atom stereocenters. The number of nitrogens with zero attached hydrogens (tertiary/aromatic N) is 1. The second-order valence-corrected chi connectivity index (χ2v) is 5.63. The molecule has 1 amide bonds. The summed E-state index contributed by atoms with van der Waals surface area (Å²) in [6.07, 6.45) is 0. The topological polar surface area (TPSA) is 111 Å². The largest absolute Gasteiger partial charge is 0.465 e. The van der Waals surface area contributed by atoms with Crippen LogP contribution in [-0.2, 0) is 9.53 Å². The zero-order valence-electron chi connectivity index (χ0n) is 14.7. The van der Waals surface area contributed by atoms with Crippen LogP contribution >= 0.6 is 0 Å². The molecule has 0 bridgehead atoms. The van der Waals surface area contributed by atoms with Gasteiger partial charge in [-0.25, -0.2) is 4.79 Å². The van der Waals surface area contributed by atoms with E-state index in [1.54, 1.807) is 31.2 Å². The first kappa shape index (κ1) is 18.9. The van der Waals surface area contributed by atoms with Crippen molar-refractivity contribution in [2.75, 3.05) is 24.3 Å². The lowest BCUT2D eigenvalue weighted by Crippen LogP contribution is -2.22. The maximum absolute atomic E-state index is 12.2. The Morgan fingerprint density at radius 2 is 1.88 bits per heavy atom. The number of anilines is 2. The fourth-order valence-electron chi connectivity index (χ4n) is 2.38. The Balaban J connectivity index is 2.07. The quantitative estimate of drug-likeness (QED) is 0.467. The molecule has 8 heteroatoms. The normalized spacial score (nSPS) is 10.1. The van der Waals surface area contributed by atoms with Gasteiger partial charge in [-0.3, -0.25) is 14.9 Å². The number of carbonyl (C=O) groups is 2. The molecule has 2 aromatic carbocycles. The number of carbonyl (C=O) groups excluding carboxylic acids is 2. The highest BCUT2D eigenvalue weighted by molar-refractivity contribution is 5.95. The van der Waals surface area contributed by atoms with Crippen molar-refractivity contribution in [1.29, 1.82) is 0 Å². The van der Waals surface area contributed by atoms with Crippen molar-refractivity contribution in [3.8, 4) is 0 Å². The van der Waals surface area contributed by atoms with Crippen LogP contribution in [0.1, 0.15) is 21.5 Å². The van der Waals surface area contributed by atoms with Crippen molar-refractivity contribution in [2.24, 2.45) is 0 Å². The van der Waals surface area contributed by atoms with Gasteiger partial charge in [-0.1, -0.05) is 12.1 Å². The van der Waals surface area contributed by atoms with Crippen molar-refractivity contribution in [2.45, 2.75) is 13.8 Å². The molecule has 0 radical (unpaired) electrons. The summed E-state index contributed by atoms with van der Waals surface area (Å²) in [7, 11) is 1.30. The van der Waals surface area contributed by atoms with Gasteiger partial charge in [-0.05, 0) is 37.6 Å². The van der Waals surface area contributed by atoms with Crippen molar-refractivity contribution in [3.05, 3.63) is 63.2 Å². The van der Waals surface area contributed by atoms with E-state index >= 15 is 0 Å². The van der Waals surface area contributed by atoms with Gasteiger partial charge in [-0.2, -0.15) is 0 Å². The smallest absolute Gasteiger partial charge is 0.337 e. The summed E-state index contributed by atoms with van der Waals surface area (Å²) >= 11 is 0. The maximum atomic E-state index is 12.2. The van der Waals surface area contributed by atoms with Crippen LogP contribution in [0.25, 0.3) is 0 Å². The summed E-state index contributed by atoms with van der Waals surface area (Å²) in [5, 5.41) is 16.6. The highest BCUT2D eigenvalue weighted by Crippen LogP contribution is 2.25. The Bertz CT molecular complexity index is 864. The molecule has 2 N–H and O–H groups in total. The molecule has 0 aromatic heterocycles. The predicted molar refractivity (Wildman–Crippen MR) is 97.5 cm³/mol. The number of rotatable bonds is 6. The van der Waals surface area contributed by atoms with E-state index in [-0.39, 0.29) is 18.1 Å². The highest BCUT2D eigenvalue weighted by atomic mass is 16.6. The molecule has 0 saturated heterocycles. The van der Waals surface area contributed by atoms with E-state index in [0.717, 1.165) is 5.56 Å². The number of nitro groups is 1. The predicted octanol–water partition coefficient (Wildman–Crippen LogP) is 3.05. The lowest BCUT2D eigenvalue weighted by atomic mass is 10.1. The Morgan fingerprint density at radius 3 is 2.54 bits per heavy atom. The minimum Gasteiger partial charge on any atom is -0.465 e. The van der Waals surface area contributed by atoms with Gasteiger partial charge in [0.15, 0.2) is 0 Å². The Hall–Kier alpha value is -3.42. The number of ether oxygens (including phenoxy) is 1. The molecule has 2 rings (SSSR count). The van der Waals surface area contributed by atoms with Gasteiger partial charge in [-0.15, -0.1) is 0 Å². The molecule has 0 aliphatic rings. The van der Waals surface area contributed by atoms with Crippen LogP contribution in [-0.4, -0.2) is 30.5 Å². The third-order valence-corrected chi connectivity index (χ3v) is 3.87. The molecule has 0 unspecified atom stereocenters. The third-order valence-electron chi connectivity index (χ3n) is 3.87. The fourth-order valence-corrected chi connectivity index (χ4v) is 2.38. The zero-order chi connectivity index (χ0) is 19.3. The number of nitro benzene ring substituents is 1. The van der Waals surface area contributed by atoms with Crippen LogP contribution < -0.4 is 10.6 Å². The summed E-state index contributed by atoms with van der Waals surface area (Å²) in [6.45, 7) is 3.35. The summed E-state index contributed by atoms with van der Waals surface area (Å²) in [6, 6.07) is 9.48. The SMILES string of the molecule is COC(=O)c1ccc(C)c(NCC(=O)Nc2cccc([N+](=O)[O-])c2C)c1. The molecule has 0 aliphatic carbocycles. The monoisotopic (exact) mass is 357 g/mol. The van der Waals surface area contributed by atoms with Crippen LogP contribution in [0.3, 0.4) is 0 Å². The second-order valence-electron chi connectivity index (χ2n) is 5.63. The van der Waals surface area contributed by atoms with E-state index in [9.17, 15) is 19.7 Å². The highest BCUT2D eigenvalue weighted by Gasteiger charge is 2.15. The van der Waals surface area contributed by atoms with Gasteiger partial charge in [0, 0.05) is 11.8 Å². The first-order chi connectivity index (χ1) is 12.3. The molecule has 2 aromatic rings. The Morgan fingerprint density at radius 1 is 1.15 bits per heavy atom. The molecule has 0 heterocycles. The van der Waals surface area contributed by atoms with Gasteiger partial charge >= 0.3 is 5.97 Å². The van der Waals surface area contributed by atoms with Gasteiger partial charge < -0.3 is 15.4 Å². The van der Waals surface area contributed by atoms with Gasteiger partial charge in [0.1, 0.15) is 0 Å². The lowest BCUT2D eigenvalue weighted by Gasteiger charge is -2.12. The molecular formula is C18H19N3O5. The number of amides is 1. The minimum atomic E-state index is -0.495. The summed E-state index contributed by atoms with van der Waals surface area (Å²) in [5.74, 6) is -0.832. The van der Waals surface area contributed by atoms with Crippen LogP contribution in [0.5, 0.6) is 0 Å². The van der Waals surface area contributed by atoms with E-state index in [0.29, 0.717) is 22.5 Å². The molecule has 0 fully saturated rings. The summed E-state index contributed by atoms with van der Waals surface area (Å²) < 4.78 is 4.68. The second kappa shape index (κ2) is 8.11. The standard InChI is InChI=1S/C18H19N3O5/c1-11-7-8-13(18(23)26-3)9-15(11)19-10-17(22)20-14-5-4-6-16(12(14)2)21(24)25/h4-9,19H,10H2,1-3H3,(H,20,22). The average Bonchev–Trinajstić information content (AvgIpc) is 2.61. The lowest BCUT2D eigenvalue weighted by molar-refractivity contribution is -0.385. The molecule has 26 heavy (non-hydrogen) atoms. The molecule has 8 nitrogen and oxygen atoms in total. The van der Waals surface area contributed by atoms with Crippen molar-refractivity contribution in [3.63, 3.8) is 0 Å². The number of benzene rings is 2. The van der Waals surface area contributed by atoms with E-state index in [2.05, 4.69) is 15.4 Å². The Labute approximate surface area is 150 Å². The fraction of sp³-hybridized carbons (Fsp3) is 0.222. The molecule has 0 aliphatic heterocycles. The van der Waals surface area contributed by atoms with Gasteiger partial charge in [0.05, 0.1) is 35.4 Å². The van der Waals surface area contributed by atoms with E-state index in [1.807, 2.05) is 6.92 Å². The van der Waals surface area contributed by atoms with Crippen molar-refractivity contribution < 1.29 is 19.2 Å². The van der Waals surface area contributed by atoms with Crippen LogP contribution in [0.4, 0.5) is 17.1 Å². The van der Waals surface area contributed by atoms with E-state index < -0.39 is 10.9 Å². The number of methoxy groups -OCH3 is 1. The average molecular weight is 357 g/mol. The number of aryl methyl sites for hydroxylation is 1. The number of nitrogens with one attached hydrogen (secondary N) is 2.